The fourth-order valence-corrected chi connectivity index (χ4v) is 2.43. The summed E-state index contributed by atoms with van der Waals surface area (Å²) in [5, 5.41) is 2.52. The van der Waals surface area contributed by atoms with Crippen LogP contribution in [0.2, 0.25) is 0 Å². The molecule has 0 bridgehead atoms. The number of benzene rings is 1. The second-order valence-electron chi connectivity index (χ2n) is 4.04. The number of hydrogen-bond donors (Lipinski definition) is 0. The standard InChI is InChI=1S/C14H15NOS/c1-3-4-11-5-7-12(8-6-11)13-9-17-14(15-13)10(2)16/h5-9H,3-4H2,1-2H3. The molecule has 1 heterocycles. The fraction of sp³-hybridized carbons (Fsp3) is 0.286. The largest absolute Gasteiger partial charge is 0.292 e. The molecule has 1 aromatic carbocycles. The van der Waals surface area contributed by atoms with E-state index in [0.29, 0.717) is 5.01 Å². The average Bonchev–Trinajstić information content (AvgIpc) is 2.80. The number of ketones is 1. The van der Waals surface area contributed by atoms with Gasteiger partial charge in [0.2, 0.25) is 0 Å². The second-order valence-corrected chi connectivity index (χ2v) is 4.90. The molecule has 1 aromatic heterocycles. The first-order chi connectivity index (χ1) is 8.20. The molecule has 3 heteroatoms. The first kappa shape index (κ1) is 12.0. The van der Waals surface area contributed by atoms with Crippen LogP contribution < -0.4 is 0 Å². The van der Waals surface area contributed by atoms with Gasteiger partial charge in [-0.2, -0.15) is 0 Å². The normalized spacial score (nSPS) is 10.5. The van der Waals surface area contributed by atoms with Gasteiger partial charge in [-0.05, 0) is 12.0 Å². The van der Waals surface area contributed by atoms with E-state index in [1.807, 2.05) is 5.38 Å². The van der Waals surface area contributed by atoms with E-state index in [4.69, 9.17) is 0 Å². The van der Waals surface area contributed by atoms with Gasteiger partial charge in [0.05, 0.1) is 5.69 Å². The Labute approximate surface area is 105 Å². The second kappa shape index (κ2) is 5.23. The molecule has 88 valence electrons. The number of rotatable bonds is 4. The highest BCUT2D eigenvalue weighted by atomic mass is 32.1. The van der Waals surface area contributed by atoms with Crippen molar-refractivity contribution in [3.05, 3.63) is 40.2 Å². The first-order valence-corrected chi connectivity index (χ1v) is 6.64. The van der Waals surface area contributed by atoms with Crippen molar-refractivity contribution in [2.24, 2.45) is 0 Å². The predicted molar refractivity (Wildman–Crippen MR) is 71.5 cm³/mol. The predicted octanol–water partition coefficient (Wildman–Crippen LogP) is 3.97. The summed E-state index contributed by atoms with van der Waals surface area (Å²) in [6.45, 7) is 3.72. The van der Waals surface area contributed by atoms with Crippen LogP contribution in [-0.2, 0) is 6.42 Å². The molecule has 0 radical (unpaired) electrons. The highest BCUT2D eigenvalue weighted by molar-refractivity contribution is 7.12. The number of Topliss-reactive ketones (excluding diaryl/α,β-unsaturated/α-hetero) is 1. The SMILES string of the molecule is CCCc1ccc(-c2csc(C(C)=O)n2)cc1. The lowest BCUT2D eigenvalue weighted by Gasteiger charge is -2.00. The molecular formula is C14H15NOS. The number of thiazole rings is 1. The van der Waals surface area contributed by atoms with E-state index in [1.54, 1.807) is 6.92 Å². The van der Waals surface area contributed by atoms with Gasteiger partial charge < -0.3 is 0 Å². The topological polar surface area (TPSA) is 30.0 Å². The Kier molecular flexibility index (Phi) is 3.69. The van der Waals surface area contributed by atoms with Crippen LogP contribution in [0.1, 0.15) is 35.6 Å². The van der Waals surface area contributed by atoms with E-state index in [2.05, 4.69) is 36.2 Å². The average molecular weight is 245 g/mol. The summed E-state index contributed by atoms with van der Waals surface area (Å²) < 4.78 is 0. The lowest BCUT2D eigenvalue weighted by molar-refractivity contribution is 0.101. The maximum Gasteiger partial charge on any atom is 0.188 e. The number of aryl methyl sites for hydroxylation is 1. The molecule has 0 saturated carbocycles. The molecule has 17 heavy (non-hydrogen) atoms. The molecule has 0 atom stereocenters. The van der Waals surface area contributed by atoms with Gasteiger partial charge in [0.1, 0.15) is 0 Å². The minimum absolute atomic E-state index is 0.0313. The minimum atomic E-state index is 0.0313. The number of carbonyl (C=O) groups is 1. The quantitative estimate of drug-likeness (QED) is 0.763. The lowest BCUT2D eigenvalue weighted by Crippen LogP contribution is -1.90. The molecule has 0 unspecified atom stereocenters. The summed E-state index contributed by atoms with van der Waals surface area (Å²) in [5.41, 5.74) is 3.31. The van der Waals surface area contributed by atoms with Crippen molar-refractivity contribution < 1.29 is 4.79 Å². The van der Waals surface area contributed by atoms with Gasteiger partial charge in [0, 0.05) is 17.9 Å². The van der Waals surface area contributed by atoms with Crippen molar-refractivity contribution in [2.75, 3.05) is 0 Å². The highest BCUT2D eigenvalue weighted by Gasteiger charge is 2.07. The molecule has 0 amide bonds. The van der Waals surface area contributed by atoms with Gasteiger partial charge >= 0.3 is 0 Å². The molecule has 2 rings (SSSR count). The zero-order valence-electron chi connectivity index (χ0n) is 10.1. The molecular weight excluding hydrogens is 230 g/mol. The van der Waals surface area contributed by atoms with Crippen LogP contribution in [0.25, 0.3) is 11.3 Å². The molecule has 0 saturated heterocycles. The third kappa shape index (κ3) is 2.80. The lowest BCUT2D eigenvalue weighted by atomic mass is 10.1. The maximum absolute atomic E-state index is 11.2. The van der Waals surface area contributed by atoms with E-state index in [-0.39, 0.29) is 5.78 Å². The molecule has 0 aliphatic rings. The molecule has 0 N–H and O–H groups in total. The molecule has 2 aromatic rings. The number of nitrogens with zero attached hydrogens (tertiary/aromatic N) is 1. The molecule has 0 aliphatic carbocycles. The van der Waals surface area contributed by atoms with Crippen molar-refractivity contribution in [1.82, 2.24) is 4.98 Å². The van der Waals surface area contributed by atoms with E-state index < -0.39 is 0 Å². The van der Waals surface area contributed by atoms with Gasteiger partial charge in [-0.3, -0.25) is 4.79 Å². The van der Waals surface area contributed by atoms with Crippen LogP contribution in [0.3, 0.4) is 0 Å². The summed E-state index contributed by atoms with van der Waals surface area (Å²) in [5.74, 6) is 0.0313. The van der Waals surface area contributed by atoms with Crippen molar-refractivity contribution in [1.29, 1.82) is 0 Å². The first-order valence-electron chi connectivity index (χ1n) is 5.76. The Balaban J connectivity index is 2.23. The van der Waals surface area contributed by atoms with Gasteiger partial charge in [-0.15, -0.1) is 11.3 Å². The molecule has 0 aliphatic heterocycles. The number of hydrogen-bond acceptors (Lipinski definition) is 3. The van der Waals surface area contributed by atoms with Crippen molar-refractivity contribution in [3.63, 3.8) is 0 Å². The highest BCUT2D eigenvalue weighted by Crippen LogP contribution is 2.22. The maximum atomic E-state index is 11.2. The third-order valence-electron chi connectivity index (χ3n) is 2.59. The summed E-state index contributed by atoms with van der Waals surface area (Å²) in [7, 11) is 0. The van der Waals surface area contributed by atoms with Gasteiger partial charge in [0.15, 0.2) is 10.8 Å². The van der Waals surface area contributed by atoms with Crippen LogP contribution in [0, 0.1) is 0 Å². The van der Waals surface area contributed by atoms with Crippen LogP contribution >= 0.6 is 11.3 Å². The minimum Gasteiger partial charge on any atom is -0.292 e. The van der Waals surface area contributed by atoms with Gasteiger partial charge in [0.25, 0.3) is 0 Å². The number of carbonyl (C=O) groups excluding carboxylic acids is 1. The van der Waals surface area contributed by atoms with Crippen LogP contribution in [0.15, 0.2) is 29.6 Å². The molecule has 0 fully saturated rings. The molecule has 2 nitrogen and oxygen atoms in total. The third-order valence-corrected chi connectivity index (χ3v) is 3.54. The Hall–Kier alpha value is -1.48. The van der Waals surface area contributed by atoms with E-state index in [9.17, 15) is 4.79 Å². The van der Waals surface area contributed by atoms with Crippen molar-refractivity contribution in [3.8, 4) is 11.3 Å². The van der Waals surface area contributed by atoms with Gasteiger partial charge in [-0.1, -0.05) is 37.6 Å². The summed E-state index contributed by atoms with van der Waals surface area (Å²) in [4.78, 5) is 15.5. The monoisotopic (exact) mass is 245 g/mol. The van der Waals surface area contributed by atoms with E-state index in [1.165, 1.54) is 16.9 Å². The van der Waals surface area contributed by atoms with Crippen LogP contribution in [-0.4, -0.2) is 10.8 Å². The zero-order chi connectivity index (χ0) is 12.3. The van der Waals surface area contributed by atoms with E-state index in [0.717, 1.165) is 24.1 Å². The summed E-state index contributed by atoms with van der Waals surface area (Å²) in [6, 6.07) is 8.41. The molecule has 0 spiro atoms. The van der Waals surface area contributed by atoms with Crippen LogP contribution in [0.4, 0.5) is 0 Å². The Bertz CT molecular complexity index is 513. The Morgan fingerprint density at radius 1 is 1.29 bits per heavy atom. The Morgan fingerprint density at radius 2 is 2.00 bits per heavy atom. The van der Waals surface area contributed by atoms with Crippen molar-refractivity contribution >= 4 is 17.1 Å². The summed E-state index contributed by atoms with van der Waals surface area (Å²) >= 11 is 1.41. The van der Waals surface area contributed by atoms with Crippen molar-refractivity contribution in [2.45, 2.75) is 26.7 Å². The Morgan fingerprint density at radius 3 is 2.53 bits per heavy atom. The van der Waals surface area contributed by atoms with Crippen LogP contribution in [0.5, 0.6) is 0 Å². The zero-order valence-corrected chi connectivity index (χ0v) is 10.9. The van der Waals surface area contributed by atoms with E-state index >= 15 is 0 Å². The van der Waals surface area contributed by atoms with Gasteiger partial charge in [-0.25, -0.2) is 4.98 Å². The summed E-state index contributed by atoms with van der Waals surface area (Å²) in [6.07, 6.45) is 2.26. The fourth-order valence-electron chi connectivity index (χ4n) is 1.70. The smallest absolute Gasteiger partial charge is 0.188 e. The number of aromatic nitrogens is 1.